The molecule has 0 aliphatic carbocycles. The third-order valence-corrected chi connectivity index (χ3v) is 1.59. The Labute approximate surface area is 83.3 Å². The molecular weight excluding hydrogens is 211 g/mol. The molecule has 0 saturated carbocycles. The maximum atomic E-state index is 11.9. The monoisotopic (exact) mass is 217 g/mol. The van der Waals surface area contributed by atoms with Crippen LogP contribution in [-0.2, 0) is 6.42 Å². The summed E-state index contributed by atoms with van der Waals surface area (Å²) in [5, 5.41) is 17.6. The van der Waals surface area contributed by atoms with Gasteiger partial charge in [0.2, 0.25) is 0 Å². The van der Waals surface area contributed by atoms with Crippen molar-refractivity contribution in [2.24, 2.45) is 0 Å². The number of hydrogen-bond acceptors (Lipinski definition) is 3. The number of halogens is 3. The van der Waals surface area contributed by atoms with E-state index in [9.17, 15) is 18.3 Å². The van der Waals surface area contributed by atoms with Crippen LogP contribution in [0, 0.1) is 11.3 Å². The highest BCUT2D eigenvalue weighted by molar-refractivity contribution is 5.45. The third kappa shape index (κ3) is 3.06. The lowest BCUT2D eigenvalue weighted by Gasteiger charge is -2.12. The number of phenols is 1. The molecule has 1 aromatic rings. The number of benzene rings is 1. The molecule has 15 heavy (non-hydrogen) atoms. The Hall–Kier alpha value is -1.90. The van der Waals surface area contributed by atoms with Crippen molar-refractivity contribution < 1.29 is 23.0 Å². The summed E-state index contributed by atoms with van der Waals surface area (Å²) in [4.78, 5) is 0. The first-order valence-electron chi connectivity index (χ1n) is 3.87. The fourth-order valence-electron chi connectivity index (χ4n) is 1.03. The summed E-state index contributed by atoms with van der Waals surface area (Å²) in [5.41, 5.74) is -0.169. The van der Waals surface area contributed by atoms with Crippen molar-refractivity contribution in [3.05, 3.63) is 23.8 Å². The minimum Gasteiger partial charge on any atom is -0.507 e. The summed E-state index contributed by atoms with van der Waals surface area (Å²) in [6, 6.07) is 5.08. The van der Waals surface area contributed by atoms with Crippen LogP contribution in [0.3, 0.4) is 0 Å². The summed E-state index contributed by atoms with van der Waals surface area (Å²) >= 11 is 0. The van der Waals surface area contributed by atoms with Crippen LogP contribution in [0.1, 0.15) is 5.56 Å². The predicted molar refractivity (Wildman–Crippen MR) is 44.1 cm³/mol. The van der Waals surface area contributed by atoms with Crippen LogP contribution in [-0.4, -0.2) is 11.5 Å². The molecule has 1 aromatic carbocycles. The zero-order chi connectivity index (χ0) is 11.5. The molecular formula is C9H6F3NO2. The average Bonchev–Trinajstić information content (AvgIpc) is 2.08. The van der Waals surface area contributed by atoms with Crippen molar-refractivity contribution in [3.63, 3.8) is 0 Å². The molecule has 0 aliphatic heterocycles. The molecule has 0 radical (unpaired) electrons. The number of phenolic OH excluding ortho intramolecular Hbond substituents is 1. The van der Waals surface area contributed by atoms with Gasteiger partial charge < -0.3 is 9.84 Å². The van der Waals surface area contributed by atoms with Crippen molar-refractivity contribution in [1.82, 2.24) is 0 Å². The quantitative estimate of drug-likeness (QED) is 0.827. The minimum atomic E-state index is -4.84. The topological polar surface area (TPSA) is 53.2 Å². The normalized spacial score (nSPS) is 10.8. The van der Waals surface area contributed by atoms with Crippen molar-refractivity contribution in [2.45, 2.75) is 12.8 Å². The molecule has 3 nitrogen and oxygen atoms in total. The summed E-state index contributed by atoms with van der Waals surface area (Å²) in [5.74, 6) is -0.942. The van der Waals surface area contributed by atoms with Crippen molar-refractivity contribution in [1.29, 1.82) is 5.26 Å². The number of alkyl halides is 3. The highest BCUT2D eigenvalue weighted by Crippen LogP contribution is 2.31. The molecule has 0 amide bonds. The summed E-state index contributed by atoms with van der Waals surface area (Å²) < 4.78 is 39.4. The second kappa shape index (κ2) is 4.09. The Balaban J connectivity index is 3.07. The maximum absolute atomic E-state index is 11.9. The standard InChI is InChI=1S/C9H6F3NO2/c10-9(11,12)15-8-3-1-2-7(14)6(8)4-5-13/h1-3,14H,4H2. The highest BCUT2D eigenvalue weighted by Gasteiger charge is 2.32. The van der Waals surface area contributed by atoms with Crippen LogP contribution in [0.5, 0.6) is 11.5 Å². The average molecular weight is 217 g/mol. The number of rotatable bonds is 2. The maximum Gasteiger partial charge on any atom is 0.573 e. The number of nitrogens with zero attached hydrogens (tertiary/aromatic N) is 1. The van der Waals surface area contributed by atoms with E-state index in [0.717, 1.165) is 6.07 Å². The molecule has 0 unspecified atom stereocenters. The first kappa shape index (κ1) is 11.2. The third-order valence-electron chi connectivity index (χ3n) is 1.59. The molecule has 1 N–H and O–H groups in total. The van der Waals surface area contributed by atoms with Gasteiger partial charge in [0.1, 0.15) is 11.5 Å². The van der Waals surface area contributed by atoms with Crippen LogP contribution in [0.15, 0.2) is 18.2 Å². The lowest BCUT2D eigenvalue weighted by atomic mass is 10.1. The Kier molecular flexibility index (Phi) is 3.04. The summed E-state index contributed by atoms with van der Waals surface area (Å²) in [6.45, 7) is 0. The lowest BCUT2D eigenvalue weighted by molar-refractivity contribution is -0.274. The Morgan fingerprint density at radius 2 is 2.07 bits per heavy atom. The first-order valence-corrected chi connectivity index (χ1v) is 3.87. The van der Waals surface area contributed by atoms with Crippen molar-refractivity contribution >= 4 is 0 Å². The van der Waals surface area contributed by atoms with E-state index < -0.39 is 17.9 Å². The number of aromatic hydroxyl groups is 1. The van der Waals surface area contributed by atoms with Gasteiger partial charge in [-0.15, -0.1) is 13.2 Å². The van der Waals surface area contributed by atoms with E-state index in [0.29, 0.717) is 0 Å². The minimum absolute atomic E-state index is 0.169. The fraction of sp³-hybridized carbons (Fsp3) is 0.222. The van der Waals surface area contributed by atoms with Gasteiger partial charge in [0, 0.05) is 0 Å². The van der Waals surface area contributed by atoms with E-state index in [2.05, 4.69) is 4.74 Å². The molecule has 0 fully saturated rings. The summed E-state index contributed by atoms with van der Waals surface area (Å²) in [7, 11) is 0. The molecule has 0 heterocycles. The van der Waals surface area contributed by atoms with E-state index in [-0.39, 0.29) is 12.0 Å². The van der Waals surface area contributed by atoms with Crippen LogP contribution < -0.4 is 4.74 Å². The molecule has 1 rings (SSSR count). The van der Waals surface area contributed by atoms with Gasteiger partial charge in [-0.3, -0.25) is 0 Å². The van der Waals surface area contributed by atoms with E-state index >= 15 is 0 Å². The molecule has 0 spiro atoms. The molecule has 0 aromatic heterocycles. The smallest absolute Gasteiger partial charge is 0.507 e. The molecule has 0 atom stereocenters. The second-order valence-electron chi connectivity index (χ2n) is 2.64. The van der Waals surface area contributed by atoms with Gasteiger partial charge in [-0.05, 0) is 12.1 Å². The number of nitriles is 1. The molecule has 0 aliphatic rings. The van der Waals surface area contributed by atoms with Gasteiger partial charge in [-0.25, -0.2) is 0 Å². The van der Waals surface area contributed by atoms with Gasteiger partial charge >= 0.3 is 6.36 Å². The number of hydrogen-bond donors (Lipinski definition) is 1. The van der Waals surface area contributed by atoms with Gasteiger partial charge in [0.15, 0.2) is 0 Å². The van der Waals surface area contributed by atoms with Crippen LogP contribution in [0.25, 0.3) is 0 Å². The molecule has 80 valence electrons. The SMILES string of the molecule is N#CCc1c(O)cccc1OC(F)(F)F. The molecule has 0 saturated heterocycles. The van der Waals surface area contributed by atoms with Crippen molar-refractivity contribution in [3.8, 4) is 17.6 Å². The van der Waals surface area contributed by atoms with E-state index in [1.54, 1.807) is 6.07 Å². The predicted octanol–water partition coefficient (Wildman–Crippen LogP) is 2.36. The largest absolute Gasteiger partial charge is 0.573 e. The van der Waals surface area contributed by atoms with Gasteiger partial charge in [0.25, 0.3) is 0 Å². The molecule has 6 heteroatoms. The van der Waals surface area contributed by atoms with Gasteiger partial charge in [0.05, 0.1) is 18.1 Å². The van der Waals surface area contributed by atoms with Gasteiger partial charge in [-0.2, -0.15) is 5.26 Å². The first-order chi connectivity index (χ1) is 6.94. The fourth-order valence-corrected chi connectivity index (χ4v) is 1.03. The van der Waals surface area contributed by atoms with Gasteiger partial charge in [-0.1, -0.05) is 6.07 Å². The Morgan fingerprint density at radius 3 is 2.60 bits per heavy atom. The lowest BCUT2D eigenvalue weighted by Crippen LogP contribution is -2.18. The van der Waals surface area contributed by atoms with E-state index in [1.165, 1.54) is 12.1 Å². The zero-order valence-corrected chi connectivity index (χ0v) is 7.38. The highest BCUT2D eigenvalue weighted by atomic mass is 19.4. The number of ether oxygens (including phenoxy) is 1. The molecule has 0 bridgehead atoms. The van der Waals surface area contributed by atoms with E-state index in [4.69, 9.17) is 5.26 Å². The van der Waals surface area contributed by atoms with E-state index in [1.807, 2.05) is 0 Å². The Morgan fingerprint density at radius 1 is 1.40 bits per heavy atom. The van der Waals surface area contributed by atoms with Crippen LogP contribution in [0.4, 0.5) is 13.2 Å². The second-order valence-corrected chi connectivity index (χ2v) is 2.64. The summed E-state index contributed by atoms with van der Waals surface area (Å²) in [6.07, 6.45) is -5.18. The van der Waals surface area contributed by atoms with Crippen molar-refractivity contribution in [2.75, 3.05) is 0 Å². The Bertz CT molecular complexity index is 395. The zero-order valence-electron chi connectivity index (χ0n) is 7.38. The van der Waals surface area contributed by atoms with Crippen LogP contribution in [0.2, 0.25) is 0 Å². The van der Waals surface area contributed by atoms with Crippen LogP contribution >= 0.6 is 0 Å².